The lowest BCUT2D eigenvalue weighted by molar-refractivity contribution is -0.137. The van der Waals surface area contributed by atoms with Crippen LogP contribution in [0.5, 0.6) is 0 Å². The summed E-state index contributed by atoms with van der Waals surface area (Å²) in [7, 11) is 0. The Hall–Kier alpha value is -0.860. The highest BCUT2D eigenvalue weighted by Crippen LogP contribution is 2.41. The van der Waals surface area contributed by atoms with Crippen LogP contribution in [0.3, 0.4) is 0 Å². The lowest BCUT2D eigenvalue weighted by Crippen LogP contribution is -2.45. The normalized spacial score (nSPS) is 27.2. The van der Waals surface area contributed by atoms with Crippen LogP contribution < -0.4 is 5.73 Å². The zero-order chi connectivity index (χ0) is 17.7. The fourth-order valence-corrected chi connectivity index (χ4v) is 4.94. The molecular formula is C23H37NO. The number of unbranched alkanes of at least 4 members (excludes halogenated alkanes) is 1. The minimum absolute atomic E-state index is 0.127. The van der Waals surface area contributed by atoms with Crippen molar-refractivity contribution < 1.29 is 4.74 Å². The number of benzene rings is 1. The van der Waals surface area contributed by atoms with Gasteiger partial charge in [0.15, 0.2) is 0 Å². The Morgan fingerprint density at radius 1 is 1.20 bits per heavy atom. The molecule has 2 nitrogen and oxygen atoms in total. The molecule has 25 heavy (non-hydrogen) atoms. The monoisotopic (exact) mass is 343 g/mol. The smallest absolute Gasteiger partial charge is 0.0729 e. The minimum Gasteiger partial charge on any atom is -0.371 e. The number of fused-ring (bicyclic) bond motifs is 1. The molecule has 2 heteroatoms. The molecule has 3 atom stereocenters. The summed E-state index contributed by atoms with van der Waals surface area (Å²) in [6, 6.07) is 7.16. The molecule has 0 bridgehead atoms. The highest BCUT2D eigenvalue weighted by Gasteiger charge is 2.39. The Bertz CT molecular complexity index is 555. The molecule has 0 radical (unpaired) electrons. The number of ether oxygens (including phenoxy) is 1. The van der Waals surface area contributed by atoms with E-state index in [0.717, 1.165) is 13.0 Å². The molecule has 1 spiro atoms. The molecule has 2 N–H and O–H groups in total. The highest BCUT2D eigenvalue weighted by molar-refractivity contribution is 5.37. The summed E-state index contributed by atoms with van der Waals surface area (Å²) in [5, 5.41) is 0. The largest absolute Gasteiger partial charge is 0.371 e. The van der Waals surface area contributed by atoms with Gasteiger partial charge in [-0.1, -0.05) is 51.3 Å². The number of hydrogen-bond donors (Lipinski definition) is 1. The summed E-state index contributed by atoms with van der Waals surface area (Å²) in [4.78, 5) is 0. The Morgan fingerprint density at radius 2 is 2.08 bits per heavy atom. The second-order valence-corrected chi connectivity index (χ2v) is 8.38. The molecule has 0 saturated carbocycles. The molecule has 0 aromatic heterocycles. The standard InChI is InChI=1S/C23H37NO/c1-3-5-8-22-9-6-13-23(25-22)14-12-19-15-18(10-11-20(19)16-23)21(17-24)7-4-2/h10-11,15,21-22H,3-9,12-14,16-17,24H2,1-2H3. The van der Waals surface area contributed by atoms with E-state index < -0.39 is 0 Å². The molecule has 0 amide bonds. The van der Waals surface area contributed by atoms with Gasteiger partial charge in [-0.3, -0.25) is 0 Å². The van der Waals surface area contributed by atoms with Crippen molar-refractivity contribution >= 4 is 0 Å². The average Bonchev–Trinajstić information content (AvgIpc) is 2.64. The van der Waals surface area contributed by atoms with E-state index >= 15 is 0 Å². The zero-order valence-electron chi connectivity index (χ0n) is 16.4. The second kappa shape index (κ2) is 8.68. The molecule has 1 aliphatic carbocycles. The molecule has 140 valence electrons. The molecule has 1 heterocycles. The molecule has 1 aromatic carbocycles. The lowest BCUT2D eigenvalue weighted by atomic mass is 9.75. The van der Waals surface area contributed by atoms with E-state index in [-0.39, 0.29) is 5.60 Å². The Morgan fingerprint density at radius 3 is 2.84 bits per heavy atom. The zero-order valence-corrected chi connectivity index (χ0v) is 16.4. The summed E-state index contributed by atoms with van der Waals surface area (Å²) in [5.74, 6) is 0.524. The van der Waals surface area contributed by atoms with Crippen LogP contribution in [0.4, 0.5) is 0 Å². The van der Waals surface area contributed by atoms with E-state index in [1.54, 1.807) is 5.56 Å². The van der Waals surface area contributed by atoms with E-state index in [9.17, 15) is 0 Å². The number of hydrogen-bond acceptors (Lipinski definition) is 2. The van der Waals surface area contributed by atoms with Crippen LogP contribution in [0.1, 0.15) is 94.2 Å². The van der Waals surface area contributed by atoms with Gasteiger partial charge in [0.25, 0.3) is 0 Å². The van der Waals surface area contributed by atoms with Crippen molar-refractivity contribution in [2.24, 2.45) is 5.73 Å². The number of aryl methyl sites for hydroxylation is 1. The van der Waals surface area contributed by atoms with Crippen molar-refractivity contribution in [1.82, 2.24) is 0 Å². The minimum atomic E-state index is 0.127. The van der Waals surface area contributed by atoms with E-state index in [0.29, 0.717) is 12.0 Å². The van der Waals surface area contributed by atoms with Crippen molar-refractivity contribution in [2.45, 2.75) is 102 Å². The number of nitrogens with two attached hydrogens (primary N) is 1. The maximum absolute atomic E-state index is 6.69. The third-order valence-corrected chi connectivity index (χ3v) is 6.44. The Labute approximate surface area is 154 Å². The van der Waals surface area contributed by atoms with Crippen LogP contribution in [0.2, 0.25) is 0 Å². The van der Waals surface area contributed by atoms with E-state index in [4.69, 9.17) is 10.5 Å². The van der Waals surface area contributed by atoms with Crippen molar-refractivity contribution in [1.29, 1.82) is 0 Å². The molecule has 2 aliphatic rings. The third-order valence-electron chi connectivity index (χ3n) is 6.44. The van der Waals surface area contributed by atoms with Crippen molar-refractivity contribution in [3.05, 3.63) is 34.9 Å². The Balaban J connectivity index is 1.71. The van der Waals surface area contributed by atoms with Gasteiger partial charge in [-0.2, -0.15) is 0 Å². The highest BCUT2D eigenvalue weighted by atomic mass is 16.5. The SMILES string of the molecule is CCCCC1CCCC2(CCc3cc(C(CN)CCC)ccc3C2)O1. The average molecular weight is 344 g/mol. The van der Waals surface area contributed by atoms with Gasteiger partial charge in [0.1, 0.15) is 0 Å². The topological polar surface area (TPSA) is 35.2 Å². The number of rotatable bonds is 7. The van der Waals surface area contributed by atoms with Gasteiger partial charge in [-0.15, -0.1) is 0 Å². The molecule has 3 unspecified atom stereocenters. The molecule has 1 fully saturated rings. The second-order valence-electron chi connectivity index (χ2n) is 8.38. The first-order valence-corrected chi connectivity index (χ1v) is 10.7. The van der Waals surface area contributed by atoms with E-state index in [2.05, 4.69) is 32.0 Å². The van der Waals surface area contributed by atoms with Crippen molar-refractivity contribution in [2.75, 3.05) is 6.54 Å². The summed E-state index contributed by atoms with van der Waals surface area (Å²) < 4.78 is 6.69. The molecule has 1 saturated heterocycles. The van der Waals surface area contributed by atoms with Gasteiger partial charge < -0.3 is 10.5 Å². The van der Waals surface area contributed by atoms with Crippen LogP contribution >= 0.6 is 0 Å². The lowest BCUT2D eigenvalue weighted by Gasteiger charge is -2.44. The van der Waals surface area contributed by atoms with Crippen LogP contribution in [0.25, 0.3) is 0 Å². The molecule has 3 rings (SSSR count). The first-order valence-electron chi connectivity index (χ1n) is 10.7. The first-order chi connectivity index (χ1) is 12.2. The third kappa shape index (κ3) is 4.46. The van der Waals surface area contributed by atoms with Crippen molar-refractivity contribution in [3.8, 4) is 0 Å². The van der Waals surface area contributed by atoms with Crippen LogP contribution in [0.15, 0.2) is 18.2 Å². The van der Waals surface area contributed by atoms with E-state index in [1.807, 2.05) is 0 Å². The predicted octanol–water partition coefficient (Wildman–Crippen LogP) is 5.52. The fourth-order valence-electron chi connectivity index (χ4n) is 4.94. The maximum atomic E-state index is 6.69. The van der Waals surface area contributed by atoms with Gasteiger partial charge in [0.2, 0.25) is 0 Å². The fraction of sp³-hybridized carbons (Fsp3) is 0.739. The maximum Gasteiger partial charge on any atom is 0.0729 e. The van der Waals surface area contributed by atoms with Gasteiger partial charge in [-0.05, 0) is 74.1 Å². The molecule has 1 aliphatic heterocycles. The molecular weight excluding hydrogens is 306 g/mol. The summed E-state index contributed by atoms with van der Waals surface area (Å²) >= 11 is 0. The van der Waals surface area contributed by atoms with Gasteiger partial charge in [-0.25, -0.2) is 0 Å². The van der Waals surface area contributed by atoms with Crippen LogP contribution in [-0.2, 0) is 17.6 Å². The van der Waals surface area contributed by atoms with Gasteiger partial charge >= 0.3 is 0 Å². The van der Waals surface area contributed by atoms with E-state index in [1.165, 1.54) is 75.3 Å². The molecule has 1 aromatic rings. The summed E-state index contributed by atoms with van der Waals surface area (Å²) in [6.07, 6.45) is 14.1. The van der Waals surface area contributed by atoms with Crippen LogP contribution in [-0.4, -0.2) is 18.2 Å². The summed E-state index contributed by atoms with van der Waals surface area (Å²) in [6.45, 7) is 5.29. The summed E-state index contributed by atoms with van der Waals surface area (Å²) in [5.41, 5.74) is 10.7. The van der Waals surface area contributed by atoms with Crippen molar-refractivity contribution in [3.63, 3.8) is 0 Å². The quantitative estimate of drug-likeness (QED) is 0.708. The first kappa shape index (κ1) is 18.9. The van der Waals surface area contributed by atoms with Gasteiger partial charge in [0.05, 0.1) is 11.7 Å². The van der Waals surface area contributed by atoms with Crippen LogP contribution in [0, 0.1) is 0 Å². The predicted molar refractivity (Wildman–Crippen MR) is 106 cm³/mol. The Kier molecular flexibility index (Phi) is 6.57. The van der Waals surface area contributed by atoms with Gasteiger partial charge in [0, 0.05) is 6.42 Å².